The van der Waals surface area contributed by atoms with E-state index in [0.717, 1.165) is 9.75 Å². The van der Waals surface area contributed by atoms with Crippen LogP contribution in [0.1, 0.15) is 20.7 Å². The highest BCUT2D eigenvalue weighted by atomic mass is 35.5. The SMILES string of the molecule is Cc1ccc(C(Cl)c2cccc(Cl)c2F)s1. The molecule has 2 rings (SSSR count). The van der Waals surface area contributed by atoms with E-state index in [-0.39, 0.29) is 5.02 Å². The molecule has 0 fully saturated rings. The molecule has 1 aromatic carbocycles. The Kier molecular flexibility index (Phi) is 3.53. The first-order valence-electron chi connectivity index (χ1n) is 4.74. The number of aryl methyl sites for hydroxylation is 1. The molecule has 1 aromatic heterocycles. The van der Waals surface area contributed by atoms with Gasteiger partial charge in [0.05, 0.1) is 10.4 Å². The van der Waals surface area contributed by atoms with Crippen LogP contribution in [-0.2, 0) is 0 Å². The van der Waals surface area contributed by atoms with Gasteiger partial charge >= 0.3 is 0 Å². The van der Waals surface area contributed by atoms with E-state index in [9.17, 15) is 4.39 Å². The van der Waals surface area contributed by atoms with Crippen molar-refractivity contribution in [3.8, 4) is 0 Å². The molecule has 0 radical (unpaired) electrons. The number of benzene rings is 1. The van der Waals surface area contributed by atoms with Crippen molar-refractivity contribution < 1.29 is 4.39 Å². The third-order valence-corrected chi connectivity index (χ3v) is 4.22. The maximum absolute atomic E-state index is 13.7. The average molecular weight is 275 g/mol. The van der Waals surface area contributed by atoms with Crippen LogP contribution >= 0.6 is 34.5 Å². The highest BCUT2D eigenvalue weighted by molar-refractivity contribution is 7.12. The summed E-state index contributed by atoms with van der Waals surface area (Å²) < 4.78 is 13.7. The van der Waals surface area contributed by atoms with Gasteiger partial charge in [-0.1, -0.05) is 23.7 Å². The smallest absolute Gasteiger partial charge is 0.146 e. The van der Waals surface area contributed by atoms with Crippen LogP contribution in [0.3, 0.4) is 0 Å². The minimum absolute atomic E-state index is 0.108. The largest absolute Gasteiger partial charge is 0.205 e. The lowest BCUT2D eigenvalue weighted by atomic mass is 10.1. The molecule has 0 aliphatic carbocycles. The predicted molar refractivity (Wildman–Crippen MR) is 68.2 cm³/mol. The second kappa shape index (κ2) is 4.74. The first-order valence-corrected chi connectivity index (χ1v) is 6.37. The number of thiophene rings is 1. The minimum atomic E-state index is -0.475. The van der Waals surface area contributed by atoms with Crippen LogP contribution in [0.15, 0.2) is 30.3 Å². The van der Waals surface area contributed by atoms with E-state index in [4.69, 9.17) is 23.2 Å². The molecule has 0 N–H and O–H groups in total. The Balaban J connectivity index is 2.41. The molecule has 0 saturated heterocycles. The predicted octanol–water partition coefficient (Wildman–Crippen LogP) is 5.18. The zero-order chi connectivity index (χ0) is 11.7. The Morgan fingerprint density at radius 2 is 2.00 bits per heavy atom. The van der Waals surface area contributed by atoms with Gasteiger partial charge in [0.25, 0.3) is 0 Å². The van der Waals surface area contributed by atoms with Crippen LogP contribution in [0.5, 0.6) is 0 Å². The number of rotatable bonds is 2. The van der Waals surface area contributed by atoms with Crippen molar-refractivity contribution in [1.29, 1.82) is 0 Å². The summed E-state index contributed by atoms with van der Waals surface area (Å²) in [6.45, 7) is 1.99. The van der Waals surface area contributed by atoms with Gasteiger partial charge in [-0.05, 0) is 25.1 Å². The molecule has 0 aliphatic heterocycles. The van der Waals surface area contributed by atoms with Gasteiger partial charge in [-0.3, -0.25) is 0 Å². The van der Waals surface area contributed by atoms with Crippen molar-refractivity contribution in [2.24, 2.45) is 0 Å². The van der Waals surface area contributed by atoms with E-state index in [0.29, 0.717) is 5.56 Å². The van der Waals surface area contributed by atoms with E-state index in [1.807, 2.05) is 19.1 Å². The number of hydrogen-bond acceptors (Lipinski definition) is 1. The quantitative estimate of drug-likeness (QED) is 0.663. The molecular formula is C12H9Cl2FS. The fourth-order valence-corrected chi connectivity index (χ4v) is 2.89. The summed E-state index contributed by atoms with van der Waals surface area (Å²) in [6, 6.07) is 8.77. The first kappa shape index (κ1) is 11.9. The third-order valence-electron chi connectivity index (χ3n) is 2.27. The molecule has 0 bridgehead atoms. The number of hydrogen-bond donors (Lipinski definition) is 0. The lowest BCUT2D eigenvalue weighted by molar-refractivity contribution is 0.613. The summed E-state index contributed by atoms with van der Waals surface area (Å²) in [6.07, 6.45) is 0. The normalized spacial score (nSPS) is 12.8. The van der Waals surface area contributed by atoms with Crippen LogP contribution in [0.4, 0.5) is 4.39 Å². The maximum atomic E-state index is 13.7. The molecule has 1 heterocycles. The summed E-state index contributed by atoms with van der Waals surface area (Å²) in [7, 11) is 0. The van der Waals surface area contributed by atoms with Gasteiger partial charge < -0.3 is 0 Å². The Labute approximate surface area is 108 Å². The van der Waals surface area contributed by atoms with Crippen LogP contribution in [0, 0.1) is 12.7 Å². The van der Waals surface area contributed by atoms with Crippen molar-refractivity contribution in [3.05, 3.63) is 56.5 Å². The minimum Gasteiger partial charge on any atom is -0.205 e. The van der Waals surface area contributed by atoms with E-state index < -0.39 is 11.2 Å². The summed E-state index contributed by atoms with van der Waals surface area (Å²) in [4.78, 5) is 2.09. The molecule has 0 saturated carbocycles. The van der Waals surface area contributed by atoms with Gasteiger partial charge in [-0.2, -0.15) is 0 Å². The fourth-order valence-electron chi connectivity index (χ4n) is 1.46. The van der Waals surface area contributed by atoms with E-state index in [1.54, 1.807) is 23.5 Å². The Morgan fingerprint density at radius 1 is 1.25 bits per heavy atom. The zero-order valence-corrected chi connectivity index (χ0v) is 10.8. The Hall–Kier alpha value is -0.570. The van der Waals surface area contributed by atoms with Gasteiger partial charge in [-0.25, -0.2) is 4.39 Å². The molecule has 4 heteroatoms. The second-order valence-electron chi connectivity index (χ2n) is 3.45. The molecule has 0 amide bonds. The molecule has 0 aliphatic rings. The average Bonchev–Trinajstić information content (AvgIpc) is 2.68. The van der Waals surface area contributed by atoms with Crippen molar-refractivity contribution >= 4 is 34.5 Å². The van der Waals surface area contributed by atoms with Gasteiger partial charge in [-0.15, -0.1) is 22.9 Å². The maximum Gasteiger partial charge on any atom is 0.146 e. The molecule has 84 valence electrons. The lowest BCUT2D eigenvalue weighted by Gasteiger charge is -2.09. The van der Waals surface area contributed by atoms with Gasteiger partial charge in [0.15, 0.2) is 0 Å². The lowest BCUT2D eigenvalue weighted by Crippen LogP contribution is -1.95. The van der Waals surface area contributed by atoms with Crippen molar-refractivity contribution in [2.75, 3.05) is 0 Å². The van der Waals surface area contributed by atoms with Gasteiger partial charge in [0.1, 0.15) is 5.82 Å². The van der Waals surface area contributed by atoms with E-state index in [1.165, 1.54) is 6.07 Å². The first-order chi connectivity index (χ1) is 7.59. The number of alkyl halides is 1. The Morgan fingerprint density at radius 3 is 2.62 bits per heavy atom. The van der Waals surface area contributed by atoms with Gasteiger partial charge in [0.2, 0.25) is 0 Å². The number of halogens is 3. The highest BCUT2D eigenvalue weighted by Crippen LogP contribution is 2.36. The van der Waals surface area contributed by atoms with Crippen molar-refractivity contribution in [3.63, 3.8) is 0 Å². The Bertz CT molecular complexity index is 507. The zero-order valence-electron chi connectivity index (χ0n) is 8.51. The summed E-state index contributed by atoms with van der Waals surface area (Å²) in [5.41, 5.74) is 0.427. The third kappa shape index (κ3) is 2.24. The summed E-state index contributed by atoms with van der Waals surface area (Å²) >= 11 is 13.5. The molecule has 1 unspecified atom stereocenters. The molecule has 1 atom stereocenters. The van der Waals surface area contributed by atoms with Crippen molar-refractivity contribution in [2.45, 2.75) is 12.3 Å². The molecule has 0 spiro atoms. The van der Waals surface area contributed by atoms with Crippen molar-refractivity contribution in [1.82, 2.24) is 0 Å². The molecule has 2 aromatic rings. The van der Waals surface area contributed by atoms with Gasteiger partial charge in [0, 0.05) is 15.3 Å². The summed E-state index contributed by atoms with van der Waals surface area (Å²) in [5.74, 6) is -0.435. The van der Waals surface area contributed by atoms with E-state index in [2.05, 4.69) is 0 Å². The monoisotopic (exact) mass is 274 g/mol. The van der Waals surface area contributed by atoms with Crippen LogP contribution in [-0.4, -0.2) is 0 Å². The second-order valence-corrected chi connectivity index (χ2v) is 5.62. The van der Waals surface area contributed by atoms with E-state index >= 15 is 0 Å². The molecule has 16 heavy (non-hydrogen) atoms. The fraction of sp³-hybridized carbons (Fsp3) is 0.167. The highest BCUT2D eigenvalue weighted by Gasteiger charge is 2.18. The molecular weight excluding hydrogens is 266 g/mol. The van der Waals surface area contributed by atoms with Crippen LogP contribution in [0.25, 0.3) is 0 Å². The summed E-state index contributed by atoms with van der Waals surface area (Å²) in [5, 5.41) is -0.367. The standard InChI is InChI=1S/C12H9Cl2FS/c1-7-5-6-10(16-7)11(14)8-3-2-4-9(13)12(8)15/h2-6,11H,1H3. The van der Waals surface area contributed by atoms with Crippen LogP contribution < -0.4 is 0 Å². The van der Waals surface area contributed by atoms with Crippen LogP contribution in [0.2, 0.25) is 5.02 Å². The topological polar surface area (TPSA) is 0 Å². The molecule has 0 nitrogen and oxygen atoms in total.